The van der Waals surface area contributed by atoms with Crippen molar-refractivity contribution in [1.29, 1.82) is 0 Å². The van der Waals surface area contributed by atoms with Gasteiger partial charge in [-0.3, -0.25) is 0 Å². The minimum absolute atomic E-state index is 0.0519. The van der Waals surface area contributed by atoms with Gasteiger partial charge in [-0.25, -0.2) is 0 Å². The standard InChI is InChI=1S/C10H14O3/c1-13-10-4-2-3-8(5-10)9(6-11)7-12/h2-5,9,11-12H,6-7H2,1H3. The maximum Gasteiger partial charge on any atom is 0.119 e. The van der Waals surface area contributed by atoms with Crippen molar-refractivity contribution >= 4 is 0 Å². The normalized spacial score (nSPS) is 10.5. The molecule has 0 aliphatic carbocycles. The van der Waals surface area contributed by atoms with Gasteiger partial charge < -0.3 is 14.9 Å². The number of hydrogen-bond acceptors (Lipinski definition) is 3. The van der Waals surface area contributed by atoms with Crippen molar-refractivity contribution in [3.8, 4) is 5.75 Å². The molecule has 0 aromatic heterocycles. The number of hydrogen-bond donors (Lipinski definition) is 2. The molecule has 3 heteroatoms. The van der Waals surface area contributed by atoms with Crippen LogP contribution in [0.2, 0.25) is 0 Å². The molecule has 0 saturated carbocycles. The molecule has 0 saturated heterocycles. The molecular weight excluding hydrogens is 168 g/mol. The molecule has 0 fully saturated rings. The van der Waals surface area contributed by atoms with Gasteiger partial charge in [-0.05, 0) is 17.7 Å². The van der Waals surface area contributed by atoms with Crippen LogP contribution >= 0.6 is 0 Å². The van der Waals surface area contributed by atoms with Gasteiger partial charge in [0.2, 0.25) is 0 Å². The first-order chi connectivity index (χ1) is 6.31. The third kappa shape index (κ3) is 2.44. The summed E-state index contributed by atoms with van der Waals surface area (Å²) in [5, 5.41) is 17.9. The summed E-state index contributed by atoms with van der Waals surface area (Å²) >= 11 is 0. The van der Waals surface area contributed by atoms with Crippen molar-refractivity contribution in [3.63, 3.8) is 0 Å². The van der Waals surface area contributed by atoms with Gasteiger partial charge in [0.15, 0.2) is 0 Å². The molecule has 3 nitrogen and oxygen atoms in total. The Balaban J connectivity index is 2.86. The Bertz CT molecular complexity index is 256. The summed E-state index contributed by atoms with van der Waals surface area (Å²) in [6, 6.07) is 7.35. The number of ether oxygens (including phenoxy) is 1. The van der Waals surface area contributed by atoms with Crippen molar-refractivity contribution in [2.45, 2.75) is 5.92 Å². The fourth-order valence-corrected chi connectivity index (χ4v) is 1.16. The van der Waals surface area contributed by atoms with Gasteiger partial charge in [-0.2, -0.15) is 0 Å². The fraction of sp³-hybridized carbons (Fsp3) is 0.400. The molecule has 0 unspecified atom stereocenters. The van der Waals surface area contributed by atoms with Crippen LogP contribution in [0.25, 0.3) is 0 Å². The molecule has 0 amide bonds. The lowest BCUT2D eigenvalue weighted by Gasteiger charge is -2.11. The Labute approximate surface area is 77.6 Å². The maximum atomic E-state index is 8.94. The zero-order chi connectivity index (χ0) is 9.68. The Morgan fingerprint density at radius 2 is 2.00 bits per heavy atom. The van der Waals surface area contributed by atoms with E-state index < -0.39 is 0 Å². The van der Waals surface area contributed by atoms with E-state index in [1.54, 1.807) is 7.11 Å². The van der Waals surface area contributed by atoms with Gasteiger partial charge in [-0.15, -0.1) is 0 Å². The highest BCUT2D eigenvalue weighted by Gasteiger charge is 2.08. The molecule has 1 aromatic rings. The Hall–Kier alpha value is -1.06. The topological polar surface area (TPSA) is 49.7 Å². The fourth-order valence-electron chi connectivity index (χ4n) is 1.16. The summed E-state index contributed by atoms with van der Waals surface area (Å²) in [5.74, 6) is 0.527. The van der Waals surface area contributed by atoms with Crippen molar-refractivity contribution in [3.05, 3.63) is 29.8 Å². The molecule has 0 aliphatic rings. The molecule has 1 aromatic carbocycles. The number of aliphatic hydroxyl groups is 2. The number of rotatable bonds is 4. The highest BCUT2D eigenvalue weighted by atomic mass is 16.5. The summed E-state index contributed by atoms with van der Waals surface area (Å²) in [7, 11) is 1.59. The maximum absolute atomic E-state index is 8.94. The summed E-state index contributed by atoms with van der Waals surface area (Å²) in [4.78, 5) is 0. The highest BCUT2D eigenvalue weighted by molar-refractivity contribution is 5.30. The average molecular weight is 182 g/mol. The third-order valence-corrected chi connectivity index (χ3v) is 2.01. The number of methoxy groups -OCH3 is 1. The van der Waals surface area contributed by atoms with Crippen LogP contribution in [0.5, 0.6) is 5.75 Å². The lowest BCUT2D eigenvalue weighted by molar-refractivity contribution is 0.192. The SMILES string of the molecule is COc1cccc(C(CO)CO)c1. The van der Waals surface area contributed by atoms with E-state index in [2.05, 4.69) is 0 Å². The predicted molar refractivity (Wildman–Crippen MR) is 49.9 cm³/mol. The summed E-state index contributed by atoms with van der Waals surface area (Å²) < 4.78 is 5.03. The second-order valence-electron chi connectivity index (χ2n) is 2.84. The van der Waals surface area contributed by atoms with Crippen LogP contribution in [-0.4, -0.2) is 30.5 Å². The minimum atomic E-state index is -0.213. The molecule has 1 rings (SSSR count). The molecule has 0 atom stereocenters. The van der Waals surface area contributed by atoms with Crippen molar-refractivity contribution < 1.29 is 14.9 Å². The monoisotopic (exact) mass is 182 g/mol. The highest BCUT2D eigenvalue weighted by Crippen LogP contribution is 2.19. The molecule has 2 N–H and O–H groups in total. The van der Waals surface area contributed by atoms with Crippen LogP contribution in [0.1, 0.15) is 11.5 Å². The van der Waals surface area contributed by atoms with Crippen molar-refractivity contribution in [2.75, 3.05) is 20.3 Å². The second-order valence-corrected chi connectivity index (χ2v) is 2.84. The molecule has 0 spiro atoms. The molecule has 72 valence electrons. The molecule has 0 aliphatic heterocycles. The quantitative estimate of drug-likeness (QED) is 0.723. The van der Waals surface area contributed by atoms with Crippen LogP contribution in [-0.2, 0) is 0 Å². The third-order valence-electron chi connectivity index (χ3n) is 2.01. The van der Waals surface area contributed by atoms with E-state index >= 15 is 0 Å². The molecule has 0 bridgehead atoms. The molecule has 0 heterocycles. The van der Waals surface area contributed by atoms with Crippen molar-refractivity contribution in [2.24, 2.45) is 0 Å². The smallest absolute Gasteiger partial charge is 0.119 e. The Morgan fingerprint density at radius 1 is 1.31 bits per heavy atom. The lowest BCUT2D eigenvalue weighted by atomic mass is 10.0. The lowest BCUT2D eigenvalue weighted by Crippen LogP contribution is -2.08. The first-order valence-electron chi connectivity index (χ1n) is 4.17. The first kappa shape index (κ1) is 10.0. The second kappa shape index (κ2) is 4.84. The van der Waals surface area contributed by atoms with Crippen LogP contribution in [0, 0.1) is 0 Å². The zero-order valence-electron chi connectivity index (χ0n) is 7.60. The van der Waals surface area contributed by atoms with E-state index in [0.29, 0.717) is 0 Å². The predicted octanol–water partition coefficient (Wildman–Crippen LogP) is 0.763. The number of aliphatic hydroxyl groups excluding tert-OH is 2. The largest absolute Gasteiger partial charge is 0.497 e. The van der Waals surface area contributed by atoms with Crippen LogP contribution in [0.3, 0.4) is 0 Å². The summed E-state index contributed by atoms with van der Waals surface area (Å²) in [6.45, 7) is -0.104. The number of benzene rings is 1. The average Bonchev–Trinajstić information content (AvgIpc) is 2.20. The van der Waals surface area contributed by atoms with Gasteiger partial charge in [0.05, 0.1) is 20.3 Å². The van der Waals surface area contributed by atoms with Gasteiger partial charge >= 0.3 is 0 Å². The Kier molecular flexibility index (Phi) is 3.73. The zero-order valence-corrected chi connectivity index (χ0v) is 7.60. The van der Waals surface area contributed by atoms with E-state index in [1.165, 1.54) is 0 Å². The van der Waals surface area contributed by atoms with E-state index in [4.69, 9.17) is 14.9 Å². The van der Waals surface area contributed by atoms with E-state index in [-0.39, 0.29) is 19.1 Å². The van der Waals surface area contributed by atoms with Crippen molar-refractivity contribution in [1.82, 2.24) is 0 Å². The molecular formula is C10H14O3. The first-order valence-corrected chi connectivity index (χ1v) is 4.17. The minimum Gasteiger partial charge on any atom is -0.497 e. The Morgan fingerprint density at radius 3 is 2.54 bits per heavy atom. The molecule has 0 radical (unpaired) electrons. The summed E-state index contributed by atoms with van der Waals surface area (Å²) in [6.07, 6.45) is 0. The van der Waals surface area contributed by atoms with Gasteiger partial charge in [0.1, 0.15) is 5.75 Å². The van der Waals surface area contributed by atoms with Crippen LogP contribution < -0.4 is 4.74 Å². The molecule has 13 heavy (non-hydrogen) atoms. The van der Waals surface area contributed by atoms with Gasteiger partial charge in [0.25, 0.3) is 0 Å². The van der Waals surface area contributed by atoms with Gasteiger partial charge in [0, 0.05) is 5.92 Å². The van der Waals surface area contributed by atoms with Crippen LogP contribution in [0.4, 0.5) is 0 Å². The van der Waals surface area contributed by atoms with E-state index in [0.717, 1.165) is 11.3 Å². The summed E-state index contributed by atoms with van der Waals surface area (Å²) in [5.41, 5.74) is 0.893. The van der Waals surface area contributed by atoms with Crippen LogP contribution in [0.15, 0.2) is 24.3 Å². The van der Waals surface area contributed by atoms with Gasteiger partial charge in [-0.1, -0.05) is 12.1 Å². The van der Waals surface area contributed by atoms with E-state index in [9.17, 15) is 0 Å². The van der Waals surface area contributed by atoms with E-state index in [1.807, 2.05) is 24.3 Å².